The molecule has 1 aliphatic rings. The van der Waals surface area contributed by atoms with E-state index < -0.39 is 0 Å². The third kappa shape index (κ3) is 2.81. The minimum absolute atomic E-state index is 0.0189. The predicted octanol–water partition coefficient (Wildman–Crippen LogP) is 1.86. The van der Waals surface area contributed by atoms with Crippen molar-refractivity contribution in [3.05, 3.63) is 24.0 Å². The molecule has 1 amide bonds. The van der Waals surface area contributed by atoms with Gasteiger partial charge in [-0.25, -0.2) is 0 Å². The Balaban J connectivity index is 2.02. The second kappa shape index (κ2) is 5.38. The number of hydrogen-bond acceptors (Lipinski definition) is 2. The highest BCUT2D eigenvalue weighted by molar-refractivity contribution is 5.98. The molecule has 0 N–H and O–H groups in total. The van der Waals surface area contributed by atoms with E-state index in [1.165, 1.54) is 0 Å². The molecule has 0 aromatic carbocycles. The van der Waals surface area contributed by atoms with E-state index in [1.807, 2.05) is 19.3 Å². The van der Waals surface area contributed by atoms with Crippen molar-refractivity contribution in [3.8, 4) is 0 Å². The Bertz CT molecular complexity index is 450. The van der Waals surface area contributed by atoms with Crippen molar-refractivity contribution in [2.45, 2.75) is 26.2 Å². The van der Waals surface area contributed by atoms with Crippen molar-refractivity contribution >= 4 is 11.7 Å². The van der Waals surface area contributed by atoms with Gasteiger partial charge in [0.05, 0.1) is 12.2 Å². The van der Waals surface area contributed by atoms with Crippen molar-refractivity contribution in [2.24, 2.45) is 13.0 Å². The molecular formula is C14H20N2O2. The first kappa shape index (κ1) is 12.9. The van der Waals surface area contributed by atoms with E-state index >= 15 is 0 Å². The molecule has 4 nitrogen and oxygen atoms in total. The number of ketones is 1. The van der Waals surface area contributed by atoms with Gasteiger partial charge in [0.1, 0.15) is 0 Å². The first-order chi connectivity index (χ1) is 8.58. The lowest BCUT2D eigenvalue weighted by Crippen LogP contribution is -2.35. The average Bonchev–Trinajstić information content (AvgIpc) is 2.70. The van der Waals surface area contributed by atoms with Gasteiger partial charge in [-0.05, 0) is 30.9 Å². The lowest BCUT2D eigenvalue weighted by atomic mass is 10.0. The number of aryl methyl sites for hydroxylation is 1. The highest BCUT2D eigenvalue weighted by Crippen LogP contribution is 2.17. The number of hydrogen-bond donors (Lipinski definition) is 0. The molecule has 1 aromatic rings. The Morgan fingerprint density at radius 3 is 2.89 bits per heavy atom. The van der Waals surface area contributed by atoms with E-state index in [1.54, 1.807) is 15.5 Å². The summed E-state index contributed by atoms with van der Waals surface area (Å²) in [4.78, 5) is 25.7. The van der Waals surface area contributed by atoms with Crippen LogP contribution in [0.3, 0.4) is 0 Å². The largest absolute Gasteiger partial charge is 0.348 e. The van der Waals surface area contributed by atoms with Gasteiger partial charge < -0.3 is 9.47 Å². The van der Waals surface area contributed by atoms with Crippen molar-refractivity contribution < 1.29 is 9.59 Å². The summed E-state index contributed by atoms with van der Waals surface area (Å²) in [5.41, 5.74) is 0.667. The van der Waals surface area contributed by atoms with Gasteiger partial charge in [0, 0.05) is 26.2 Å². The van der Waals surface area contributed by atoms with Gasteiger partial charge in [0.2, 0.25) is 5.91 Å². The van der Waals surface area contributed by atoms with Gasteiger partial charge in [-0.1, -0.05) is 6.92 Å². The molecule has 0 spiro atoms. The van der Waals surface area contributed by atoms with Crippen molar-refractivity contribution in [1.29, 1.82) is 0 Å². The van der Waals surface area contributed by atoms with Gasteiger partial charge in [0.25, 0.3) is 0 Å². The molecule has 2 rings (SSSR count). The summed E-state index contributed by atoms with van der Waals surface area (Å²) in [7, 11) is 1.85. The van der Waals surface area contributed by atoms with Crippen LogP contribution in [-0.2, 0) is 11.8 Å². The molecule has 1 saturated heterocycles. The summed E-state index contributed by atoms with van der Waals surface area (Å²) in [5.74, 6) is 0.705. The lowest BCUT2D eigenvalue weighted by Gasteiger charge is -2.19. The van der Waals surface area contributed by atoms with Gasteiger partial charge in [-0.2, -0.15) is 0 Å². The van der Waals surface area contributed by atoms with Crippen LogP contribution in [0.5, 0.6) is 0 Å². The third-order valence-corrected chi connectivity index (χ3v) is 3.66. The molecule has 18 heavy (non-hydrogen) atoms. The molecule has 1 fully saturated rings. The Morgan fingerprint density at radius 2 is 2.22 bits per heavy atom. The van der Waals surface area contributed by atoms with Crippen LogP contribution in [0.4, 0.5) is 0 Å². The van der Waals surface area contributed by atoms with Gasteiger partial charge >= 0.3 is 0 Å². The van der Waals surface area contributed by atoms with E-state index in [0.717, 1.165) is 12.8 Å². The molecule has 1 aliphatic heterocycles. The molecule has 0 bridgehead atoms. The van der Waals surface area contributed by atoms with E-state index in [-0.39, 0.29) is 18.2 Å². The van der Waals surface area contributed by atoms with E-state index in [9.17, 15) is 9.59 Å². The summed E-state index contributed by atoms with van der Waals surface area (Å²) >= 11 is 0. The Hall–Kier alpha value is -1.58. The standard InChI is InChI=1S/C14H20N2O2/c1-11-5-6-14(18)16(9-7-11)10-13(17)12-4-3-8-15(12)2/h3-4,8,11H,5-7,9-10H2,1-2H3. The number of carbonyl (C=O) groups excluding carboxylic acids is 2. The van der Waals surface area contributed by atoms with Crippen LogP contribution in [0.2, 0.25) is 0 Å². The number of nitrogens with zero attached hydrogens (tertiary/aromatic N) is 2. The quantitative estimate of drug-likeness (QED) is 0.766. The van der Waals surface area contributed by atoms with Crippen LogP contribution in [0.25, 0.3) is 0 Å². The number of carbonyl (C=O) groups is 2. The fourth-order valence-electron chi connectivity index (χ4n) is 2.35. The molecule has 1 unspecified atom stereocenters. The Morgan fingerprint density at radius 1 is 1.44 bits per heavy atom. The highest BCUT2D eigenvalue weighted by Gasteiger charge is 2.23. The maximum atomic E-state index is 12.1. The number of aromatic nitrogens is 1. The van der Waals surface area contributed by atoms with E-state index in [0.29, 0.717) is 24.6 Å². The third-order valence-electron chi connectivity index (χ3n) is 3.66. The van der Waals surface area contributed by atoms with Crippen LogP contribution < -0.4 is 0 Å². The smallest absolute Gasteiger partial charge is 0.222 e. The van der Waals surface area contributed by atoms with Gasteiger partial charge in [-0.3, -0.25) is 9.59 Å². The molecular weight excluding hydrogens is 228 g/mol. The van der Waals surface area contributed by atoms with Crippen LogP contribution in [0.15, 0.2) is 18.3 Å². The number of likely N-dealkylation sites (tertiary alicyclic amines) is 1. The second-order valence-electron chi connectivity index (χ2n) is 5.18. The highest BCUT2D eigenvalue weighted by atomic mass is 16.2. The van der Waals surface area contributed by atoms with Gasteiger partial charge in [0.15, 0.2) is 5.78 Å². The van der Waals surface area contributed by atoms with E-state index in [2.05, 4.69) is 6.92 Å². The minimum atomic E-state index is 0.0189. The monoisotopic (exact) mass is 248 g/mol. The van der Waals surface area contributed by atoms with Crippen molar-refractivity contribution in [2.75, 3.05) is 13.1 Å². The molecule has 4 heteroatoms. The molecule has 98 valence electrons. The van der Waals surface area contributed by atoms with Crippen molar-refractivity contribution in [3.63, 3.8) is 0 Å². The molecule has 1 atom stereocenters. The lowest BCUT2D eigenvalue weighted by molar-refractivity contribution is -0.130. The average molecular weight is 248 g/mol. The zero-order chi connectivity index (χ0) is 13.1. The predicted molar refractivity (Wildman–Crippen MR) is 69.3 cm³/mol. The minimum Gasteiger partial charge on any atom is -0.348 e. The SMILES string of the molecule is CC1CCC(=O)N(CC(=O)c2cccn2C)CC1. The molecule has 2 heterocycles. The zero-order valence-electron chi connectivity index (χ0n) is 11.1. The Kier molecular flexibility index (Phi) is 3.84. The summed E-state index contributed by atoms with van der Waals surface area (Å²) in [6.07, 6.45) is 4.35. The fraction of sp³-hybridized carbons (Fsp3) is 0.571. The second-order valence-corrected chi connectivity index (χ2v) is 5.18. The Labute approximate surface area is 108 Å². The van der Waals surface area contributed by atoms with Gasteiger partial charge in [-0.15, -0.1) is 0 Å². The first-order valence-corrected chi connectivity index (χ1v) is 6.50. The molecule has 0 aliphatic carbocycles. The summed E-state index contributed by atoms with van der Waals surface area (Å²) in [6, 6.07) is 3.65. The van der Waals surface area contributed by atoms with Crippen LogP contribution in [-0.4, -0.2) is 34.2 Å². The summed E-state index contributed by atoms with van der Waals surface area (Å²) in [5, 5.41) is 0. The zero-order valence-corrected chi connectivity index (χ0v) is 11.1. The maximum Gasteiger partial charge on any atom is 0.222 e. The molecule has 0 radical (unpaired) electrons. The van der Waals surface area contributed by atoms with Crippen LogP contribution in [0.1, 0.15) is 36.7 Å². The number of rotatable bonds is 3. The van der Waals surface area contributed by atoms with Crippen molar-refractivity contribution in [1.82, 2.24) is 9.47 Å². The topological polar surface area (TPSA) is 42.3 Å². The molecule has 0 saturated carbocycles. The van der Waals surface area contributed by atoms with Crippen LogP contribution >= 0.6 is 0 Å². The molecule has 1 aromatic heterocycles. The normalized spacial score (nSPS) is 20.9. The van der Waals surface area contributed by atoms with Crippen LogP contribution in [0, 0.1) is 5.92 Å². The summed E-state index contributed by atoms with van der Waals surface area (Å²) < 4.78 is 1.80. The summed E-state index contributed by atoms with van der Waals surface area (Å²) in [6.45, 7) is 3.08. The first-order valence-electron chi connectivity index (χ1n) is 6.50. The fourth-order valence-corrected chi connectivity index (χ4v) is 2.35. The number of amides is 1. The van der Waals surface area contributed by atoms with E-state index in [4.69, 9.17) is 0 Å². The number of Topliss-reactive ketones (excluding diaryl/α,β-unsaturated/α-hetero) is 1. The maximum absolute atomic E-state index is 12.1.